The Balaban J connectivity index is 1.79. The van der Waals surface area contributed by atoms with E-state index in [1.54, 1.807) is 0 Å². The van der Waals surface area contributed by atoms with Gasteiger partial charge in [-0.15, -0.1) is 0 Å². The van der Waals surface area contributed by atoms with Crippen LogP contribution in [0.15, 0.2) is 130 Å². The van der Waals surface area contributed by atoms with E-state index < -0.39 is 12.2 Å². The normalized spacial score (nSPS) is 18.9. The zero-order chi connectivity index (χ0) is 57.6. The first kappa shape index (κ1) is 69.5. The quantitative estimate of drug-likeness (QED) is 0.0345. The summed E-state index contributed by atoms with van der Waals surface area (Å²) in [6.07, 6.45) is 61.8. The standard InChI is InChI=1S/C72H112O6/c1-13-15-17-19-21-23-25-27-29-31-33-35-37-49-67(73)77-65-55-71(9,10)63(61(7)69(65)75)53-51-59(5)47-41-45-57(3)43-39-40-44-58(4)46-42-48-60(6)52-54-64-62(8)70(76)66(56-72(64,11)12)78-68(74)50-38-36-34-32-30-28-26-24-22-20-18-16-14-2/h39-48,51-54,65-66H,13-38,49-50,55-56H2,1-12H3/b40-39+,45-41+,46-42+,53-51+,54-52+,57-43+,58-44+,59-47+,60-48+. The summed E-state index contributed by atoms with van der Waals surface area (Å²) in [5.74, 6) is -0.681. The first-order chi connectivity index (χ1) is 37.3. The zero-order valence-corrected chi connectivity index (χ0v) is 51.9. The van der Waals surface area contributed by atoms with E-state index >= 15 is 0 Å². The van der Waals surface area contributed by atoms with E-state index in [1.165, 1.54) is 128 Å². The molecule has 78 heavy (non-hydrogen) atoms. The largest absolute Gasteiger partial charge is 0.454 e. The highest BCUT2D eigenvalue weighted by atomic mass is 16.6. The molecule has 0 aromatic carbocycles. The lowest BCUT2D eigenvalue weighted by atomic mass is 9.71. The fraction of sp³-hybridized carbons (Fsp3) is 0.639. The van der Waals surface area contributed by atoms with Crippen LogP contribution in [0, 0.1) is 10.8 Å². The van der Waals surface area contributed by atoms with E-state index in [0.29, 0.717) is 36.8 Å². The summed E-state index contributed by atoms with van der Waals surface area (Å²) in [5, 5.41) is 0. The highest BCUT2D eigenvalue weighted by Gasteiger charge is 2.41. The molecule has 0 amide bonds. The molecule has 2 aliphatic rings. The lowest BCUT2D eigenvalue weighted by Crippen LogP contribution is -2.39. The van der Waals surface area contributed by atoms with E-state index in [-0.39, 0.29) is 34.3 Å². The number of Topliss-reactive ketones (excluding diaryl/α,β-unsaturated/α-hetero) is 2. The SMILES string of the molecule is CCCCCCCCCCCCCCCC(=O)OC1CC(C)(C)C(/C=C/C(C)=C/C=C/C(C)=C/C=C/C=C(C)/C=C/C=C(C)/C=C/C2=C(C)C(=O)C(OC(=O)CCCCCCCCCCCCCCC)CC2(C)C)=C(C)C1=O. The number of unbranched alkanes of at least 4 members (excludes halogenated alkanes) is 24. The molecule has 6 nitrogen and oxygen atoms in total. The summed E-state index contributed by atoms with van der Waals surface area (Å²) in [5.41, 5.74) is 7.08. The maximum Gasteiger partial charge on any atom is 0.306 e. The van der Waals surface area contributed by atoms with Gasteiger partial charge in [-0.2, -0.15) is 0 Å². The fourth-order valence-corrected chi connectivity index (χ4v) is 10.8. The molecule has 0 saturated carbocycles. The molecule has 2 aliphatic carbocycles. The molecule has 2 rings (SSSR count). The minimum Gasteiger partial charge on any atom is -0.454 e. The van der Waals surface area contributed by atoms with Gasteiger partial charge in [0.1, 0.15) is 0 Å². The van der Waals surface area contributed by atoms with Gasteiger partial charge in [-0.25, -0.2) is 0 Å². The van der Waals surface area contributed by atoms with Crippen LogP contribution >= 0.6 is 0 Å². The van der Waals surface area contributed by atoms with Crippen molar-refractivity contribution in [2.75, 3.05) is 0 Å². The summed E-state index contributed by atoms with van der Waals surface area (Å²) in [6, 6.07) is 0. The minimum absolute atomic E-state index is 0.0847. The molecule has 6 heteroatoms. The second-order valence-corrected chi connectivity index (χ2v) is 24.3. The number of ether oxygens (including phenoxy) is 2. The molecule has 0 spiro atoms. The van der Waals surface area contributed by atoms with Crippen molar-refractivity contribution in [2.24, 2.45) is 10.8 Å². The third-order valence-electron chi connectivity index (χ3n) is 15.8. The highest BCUT2D eigenvalue weighted by Crippen LogP contribution is 2.42. The molecule has 0 N–H and O–H groups in total. The van der Waals surface area contributed by atoms with Crippen LogP contribution < -0.4 is 0 Å². The predicted molar refractivity (Wildman–Crippen MR) is 333 cm³/mol. The van der Waals surface area contributed by atoms with Crippen molar-refractivity contribution < 1.29 is 28.7 Å². The second-order valence-electron chi connectivity index (χ2n) is 24.3. The lowest BCUT2D eigenvalue weighted by Gasteiger charge is -2.36. The van der Waals surface area contributed by atoms with E-state index in [1.807, 2.05) is 38.2 Å². The number of esters is 2. The second kappa shape index (κ2) is 40.6. The molecule has 2 atom stereocenters. The molecule has 0 aliphatic heterocycles. The van der Waals surface area contributed by atoms with Crippen LogP contribution in [0.25, 0.3) is 0 Å². The molecule has 0 saturated heterocycles. The van der Waals surface area contributed by atoms with Crippen molar-refractivity contribution in [1.29, 1.82) is 0 Å². The number of hydrogen-bond acceptors (Lipinski definition) is 6. The van der Waals surface area contributed by atoms with Crippen molar-refractivity contribution in [3.8, 4) is 0 Å². The number of rotatable bonds is 40. The molecule has 0 bridgehead atoms. The Bertz CT molecular complexity index is 2020. The minimum atomic E-state index is -0.719. The lowest BCUT2D eigenvalue weighted by molar-refractivity contribution is -0.156. The van der Waals surface area contributed by atoms with Gasteiger partial charge in [0.2, 0.25) is 0 Å². The Hall–Kier alpha value is -4.58. The Morgan fingerprint density at radius 1 is 0.410 bits per heavy atom. The van der Waals surface area contributed by atoms with Gasteiger partial charge in [0.15, 0.2) is 23.8 Å². The van der Waals surface area contributed by atoms with Gasteiger partial charge in [0, 0.05) is 25.7 Å². The Morgan fingerprint density at radius 2 is 0.667 bits per heavy atom. The fourth-order valence-electron chi connectivity index (χ4n) is 10.8. The summed E-state index contributed by atoms with van der Waals surface area (Å²) < 4.78 is 11.6. The van der Waals surface area contributed by atoms with Crippen LogP contribution in [0.5, 0.6) is 0 Å². The molecular formula is C72H112O6. The van der Waals surface area contributed by atoms with Crippen LogP contribution in [-0.4, -0.2) is 35.7 Å². The Labute approximate surface area is 478 Å². The number of carbonyl (C=O) groups excluding carboxylic acids is 4. The van der Waals surface area contributed by atoms with Gasteiger partial charge in [-0.1, -0.05) is 303 Å². The highest BCUT2D eigenvalue weighted by molar-refractivity contribution is 6.02. The molecule has 2 unspecified atom stereocenters. The average molecular weight is 1070 g/mol. The van der Waals surface area contributed by atoms with E-state index in [2.05, 4.69) is 130 Å². The summed E-state index contributed by atoms with van der Waals surface area (Å²) in [6.45, 7) is 25.0. The van der Waals surface area contributed by atoms with Crippen molar-refractivity contribution in [2.45, 2.75) is 288 Å². The van der Waals surface area contributed by atoms with Gasteiger partial charge in [0.25, 0.3) is 0 Å². The first-order valence-corrected chi connectivity index (χ1v) is 31.3. The summed E-state index contributed by atoms with van der Waals surface area (Å²) in [4.78, 5) is 52.4. The van der Waals surface area contributed by atoms with E-state index in [0.717, 1.165) is 72.0 Å². The molecule has 0 aromatic rings. The summed E-state index contributed by atoms with van der Waals surface area (Å²) in [7, 11) is 0. The molecule has 0 aromatic heterocycles. The van der Waals surface area contributed by atoms with Crippen LogP contribution in [0.3, 0.4) is 0 Å². The Kier molecular flexibility index (Phi) is 36.2. The first-order valence-electron chi connectivity index (χ1n) is 31.3. The maximum atomic E-state index is 13.4. The molecule has 0 fully saturated rings. The van der Waals surface area contributed by atoms with Crippen LogP contribution in [0.4, 0.5) is 0 Å². The predicted octanol–water partition coefficient (Wildman–Crippen LogP) is 21.0. The summed E-state index contributed by atoms with van der Waals surface area (Å²) >= 11 is 0. The van der Waals surface area contributed by atoms with Gasteiger partial charge >= 0.3 is 11.9 Å². The number of ketones is 2. The molecule has 0 heterocycles. The number of allylic oxidation sites excluding steroid dienone is 20. The van der Waals surface area contributed by atoms with Crippen molar-refractivity contribution in [1.82, 2.24) is 0 Å². The van der Waals surface area contributed by atoms with Crippen LogP contribution in [-0.2, 0) is 28.7 Å². The van der Waals surface area contributed by atoms with E-state index in [9.17, 15) is 19.2 Å². The average Bonchev–Trinajstić information content (AvgIpc) is 3.38. The molecule has 0 radical (unpaired) electrons. The number of carbonyl (C=O) groups is 4. The topological polar surface area (TPSA) is 86.7 Å². The third kappa shape index (κ3) is 30.1. The van der Waals surface area contributed by atoms with E-state index in [4.69, 9.17) is 9.47 Å². The zero-order valence-electron chi connectivity index (χ0n) is 51.9. The maximum absolute atomic E-state index is 13.4. The van der Waals surface area contributed by atoms with Gasteiger partial charge < -0.3 is 9.47 Å². The Morgan fingerprint density at radius 3 is 0.962 bits per heavy atom. The van der Waals surface area contributed by atoms with Gasteiger partial charge in [-0.3, -0.25) is 19.2 Å². The van der Waals surface area contributed by atoms with Crippen molar-refractivity contribution in [3.05, 3.63) is 130 Å². The van der Waals surface area contributed by atoms with Crippen LogP contribution in [0.2, 0.25) is 0 Å². The van der Waals surface area contributed by atoms with Crippen molar-refractivity contribution in [3.63, 3.8) is 0 Å². The number of hydrogen-bond donors (Lipinski definition) is 0. The monoisotopic (exact) mass is 1070 g/mol. The van der Waals surface area contributed by atoms with Gasteiger partial charge in [0.05, 0.1) is 0 Å². The van der Waals surface area contributed by atoms with Crippen molar-refractivity contribution >= 4 is 23.5 Å². The molecular weight excluding hydrogens is 961 g/mol. The van der Waals surface area contributed by atoms with Gasteiger partial charge in [-0.05, 0) is 87.5 Å². The van der Waals surface area contributed by atoms with Crippen LogP contribution in [0.1, 0.15) is 276 Å². The third-order valence-corrected chi connectivity index (χ3v) is 15.8. The molecule has 436 valence electrons. The smallest absolute Gasteiger partial charge is 0.306 e.